The Balaban J connectivity index is 1.50. The first-order valence-electron chi connectivity index (χ1n) is 15.1. The Morgan fingerprint density at radius 3 is 2.46 bits per heavy atom. The van der Waals surface area contributed by atoms with Gasteiger partial charge in [-0.2, -0.15) is 0 Å². The molecule has 1 aromatic rings. The second kappa shape index (κ2) is 11.2. The van der Waals surface area contributed by atoms with E-state index in [9.17, 15) is 19.5 Å². The van der Waals surface area contributed by atoms with Crippen molar-refractivity contribution in [1.82, 2.24) is 15.5 Å². The van der Waals surface area contributed by atoms with Gasteiger partial charge in [0.1, 0.15) is 11.6 Å². The monoisotopic (exact) mass is 539 g/mol. The first-order chi connectivity index (χ1) is 18.8. The summed E-state index contributed by atoms with van der Waals surface area (Å²) >= 11 is 0. The van der Waals surface area contributed by atoms with Crippen LogP contribution in [0.5, 0.6) is 0 Å². The lowest BCUT2D eigenvalue weighted by molar-refractivity contribution is -0.152. The minimum Gasteiger partial charge on any atom is -0.394 e. The number of nitrogens with zero attached hydrogens (tertiary/aromatic N) is 1. The lowest BCUT2D eigenvalue weighted by atomic mass is 9.65. The van der Waals surface area contributed by atoms with Crippen LogP contribution in [0, 0.1) is 17.8 Å². The van der Waals surface area contributed by atoms with E-state index < -0.39 is 35.1 Å². The van der Waals surface area contributed by atoms with Gasteiger partial charge in [0.2, 0.25) is 17.7 Å². The third kappa shape index (κ3) is 4.67. The van der Waals surface area contributed by atoms with E-state index in [0.29, 0.717) is 25.8 Å². The highest BCUT2D eigenvalue weighted by molar-refractivity contribution is 5.99. The van der Waals surface area contributed by atoms with Gasteiger partial charge in [-0.15, -0.1) is 0 Å². The van der Waals surface area contributed by atoms with Crippen molar-refractivity contribution >= 4 is 17.7 Å². The molecule has 5 rings (SSSR count). The third-order valence-corrected chi connectivity index (χ3v) is 10.3. The molecule has 2 unspecified atom stereocenters. The largest absolute Gasteiger partial charge is 0.394 e. The molecule has 8 heteroatoms. The average molecular weight is 540 g/mol. The SMILES string of the molecule is CC[C@H](C)[C@H](CO)N1C(=O)[C@@H]2[C@@H](C(=O)NCc3ccccc3)[C@@]3(CC)CCC2(O3)C1C(=O)NC1CCCCC1. The van der Waals surface area contributed by atoms with Gasteiger partial charge in [-0.3, -0.25) is 14.4 Å². The van der Waals surface area contributed by atoms with E-state index in [0.717, 1.165) is 37.7 Å². The predicted octanol–water partition coefficient (Wildman–Crippen LogP) is 3.31. The van der Waals surface area contributed by atoms with E-state index in [4.69, 9.17) is 4.74 Å². The van der Waals surface area contributed by atoms with Crippen molar-refractivity contribution in [2.45, 2.75) is 114 Å². The van der Waals surface area contributed by atoms with Gasteiger partial charge in [0.25, 0.3) is 0 Å². The summed E-state index contributed by atoms with van der Waals surface area (Å²) in [4.78, 5) is 44.1. The third-order valence-electron chi connectivity index (χ3n) is 10.3. The number of aliphatic hydroxyl groups excluding tert-OH is 1. The molecule has 3 aliphatic heterocycles. The van der Waals surface area contributed by atoms with E-state index in [1.165, 1.54) is 6.42 Å². The molecule has 3 N–H and O–H groups in total. The Morgan fingerprint density at radius 2 is 1.82 bits per heavy atom. The van der Waals surface area contributed by atoms with Gasteiger partial charge in [-0.1, -0.05) is 76.8 Å². The Hall–Kier alpha value is -2.45. The van der Waals surface area contributed by atoms with Gasteiger partial charge in [0.05, 0.1) is 30.1 Å². The number of carbonyl (C=O) groups excluding carboxylic acids is 3. The van der Waals surface area contributed by atoms with E-state index in [1.54, 1.807) is 4.90 Å². The van der Waals surface area contributed by atoms with Gasteiger partial charge in [-0.05, 0) is 43.6 Å². The summed E-state index contributed by atoms with van der Waals surface area (Å²) in [7, 11) is 0. The molecule has 1 spiro atoms. The molecular weight excluding hydrogens is 494 g/mol. The molecule has 1 aliphatic carbocycles. The fourth-order valence-electron chi connectivity index (χ4n) is 7.95. The summed E-state index contributed by atoms with van der Waals surface area (Å²) in [6, 6.07) is 8.43. The van der Waals surface area contributed by atoms with Crippen molar-refractivity contribution in [1.29, 1.82) is 0 Å². The first kappa shape index (κ1) is 28.1. The van der Waals surface area contributed by atoms with Gasteiger partial charge in [0, 0.05) is 12.6 Å². The Labute approximate surface area is 232 Å². The smallest absolute Gasteiger partial charge is 0.246 e. The zero-order chi connectivity index (χ0) is 27.8. The lowest BCUT2D eigenvalue weighted by Crippen LogP contribution is -2.60. The second-order valence-corrected chi connectivity index (χ2v) is 12.3. The highest BCUT2D eigenvalue weighted by Crippen LogP contribution is 2.64. The number of benzene rings is 1. The molecule has 1 saturated carbocycles. The first-order valence-corrected chi connectivity index (χ1v) is 15.1. The molecule has 3 heterocycles. The molecule has 39 heavy (non-hydrogen) atoms. The quantitative estimate of drug-likeness (QED) is 0.423. The van der Waals surface area contributed by atoms with Gasteiger partial charge >= 0.3 is 0 Å². The number of fused-ring (bicyclic) bond motifs is 1. The van der Waals surface area contributed by atoms with E-state index in [2.05, 4.69) is 10.6 Å². The van der Waals surface area contributed by atoms with E-state index in [-0.39, 0.29) is 36.3 Å². The number of amides is 3. The fourth-order valence-corrected chi connectivity index (χ4v) is 7.95. The summed E-state index contributed by atoms with van der Waals surface area (Å²) < 4.78 is 6.87. The maximum Gasteiger partial charge on any atom is 0.246 e. The van der Waals surface area contributed by atoms with Crippen LogP contribution < -0.4 is 10.6 Å². The lowest BCUT2D eigenvalue weighted by Gasteiger charge is -2.40. The Kier molecular flexibility index (Phi) is 8.07. The minimum absolute atomic E-state index is 0.0122. The number of aliphatic hydroxyl groups is 1. The number of nitrogens with one attached hydrogen (secondary N) is 2. The Bertz CT molecular complexity index is 1060. The Morgan fingerprint density at radius 1 is 1.10 bits per heavy atom. The van der Waals surface area contributed by atoms with E-state index in [1.807, 2.05) is 51.1 Å². The molecule has 2 bridgehead atoms. The van der Waals surface area contributed by atoms with Crippen molar-refractivity contribution in [2.75, 3.05) is 6.61 Å². The molecule has 7 atom stereocenters. The number of hydrogen-bond donors (Lipinski definition) is 3. The highest BCUT2D eigenvalue weighted by atomic mass is 16.5. The fraction of sp³-hybridized carbons (Fsp3) is 0.710. The number of likely N-dealkylation sites (tertiary alicyclic amines) is 1. The van der Waals surface area contributed by atoms with E-state index >= 15 is 0 Å². The van der Waals surface area contributed by atoms with Crippen LogP contribution in [0.3, 0.4) is 0 Å². The molecule has 214 valence electrons. The van der Waals surface area contributed by atoms with Crippen molar-refractivity contribution in [2.24, 2.45) is 17.8 Å². The van der Waals surface area contributed by atoms with Gasteiger partial charge < -0.3 is 25.4 Å². The number of carbonyl (C=O) groups is 3. The van der Waals surface area contributed by atoms with Crippen LogP contribution in [0.2, 0.25) is 0 Å². The molecule has 3 amide bonds. The molecule has 4 aliphatic rings. The summed E-state index contributed by atoms with van der Waals surface area (Å²) in [6.07, 6.45) is 7.73. The zero-order valence-corrected chi connectivity index (χ0v) is 23.7. The summed E-state index contributed by atoms with van der Waals surface area (Å²) in [5.74, 6) is -2.06. The molecule has 0 aromatic heterocycles. The van der Waals surface area contributed by atoms with Crippen LogP contribution in [0.1, 0.15) is 84.1 Å². The maximum absolute atomic E-state index is 14.4. The van der Waals surface area contributed by atoms with Crippen LogP contribution in [0.25, 0.3) is 0 Å². The second-order valence-electron chi connectivity index (χ2n) is 12.3. The van der Waals surface area contributed by atoms with Crippen molar-refractivity contribution in [3.63, 3.8) is 0 Å². The summed E-state index contributed by atoms with van der Waals surface area (Å²) in [5.41, 5.74) is -0.861. The van der Waals surface area contributed by atoms with Gasteiger partial charge in [-0.25, -0.2) is 0 Å². The number of hydrogen-bond acceptors (Lipinski definition) is 5. The van der Waals surface area contributed by atoms with Crippen molar-refractivity contribution in [3.05, 3.63) is 35.9 Å². The van der Waals surface area contributed by atoms with Crippen LogP contribution in [-0.2, 0) is 25.7 Å². The zero-order valence-electron chi connectivity index (χ0n) is 23.7. The summed E-state index contributed by atoms with van der Waals surface area (Å²) in [5, 5.41) is 16.8. The molecule has 4 fully saturated rings. The molecular formula is C31H45N3O5. The maximum atomic E-state index is 14.4. The van der Waals surface area contributed by atoms with Gasteiger partial charge in [0.15, 0.2) is 0 Å². The topological polar surface area (TPSA) is 108 Å². The highest BCUT2D eigenvalue weighted by Gasteiger charge is 2.79. The minimum atomic E-state index is -1.07. The number of rotatable bonds is 10. The normalized spacial score (nSPS) is 33.6. The van der Waals surface area contributed by atoms with Crippen molar-refractivity contribution in [3.8, 4) is 0 Å². The molecule has 8 nitrogen and oxygen atoms in total. The van der Waals surface area contributed by atoms with Crippen LogP contribution in [-0.4, -0.2) is 63.7 Å². The predicted molar refractivity (Wildman–Crippen MR) is 147 cm³/mol. The molecule has 1 aromatic carbocycles. The molecule has 0 radical (unpaired) electrons. The van der Waals surface area contributed by atoms with Crippen LogP contribution in [0.4, 0.5) is 0 Å². The van der Waals surface area contributed by atoms with Crippen LogP contribution >= 0.6 is 0 Å². The van der Waals surface area contributed by atoms with Crippen LogP contribution in [0.15, 0.2) is 30.3 Å². The molecule has 3 saturated heterocycles. The average Bonchev–Trinajstić information content (AvgIpc) is 3.57. The standard InChI is InChI=1S/C31H45N3O5/c1-4-20(3)23(19-35)34-26(28(37)33-22-14-10-7-11-15-22)31-17-16-30(5-2,39-31)24(25(31)29(34)38)27(36)32-18-21-12-8-6-9-13-21/h6,8-9,12-13,20,22-26,35H,4-5,7,10-11,14-19H2,1-3H3,(H,32,36)(H,33,37)/t20-,23-,24-,25-,26?,30+,31?/m0/s1. The summed E-state index contributed by atoms with van der Waals surface area (Å²) in [6.45, 7) is 6.17. The van der Waals surface area contributed by atoms with Crippen molar-refractivity contribution < 1.29 is 24.2 Å². The number of ether oxygens (including phenoxy) is 1.